The summed E-state index contributed by atoms with van der Waals surface area (Å²) < 4.78 is 5.05. The summed E-state index contributed by atoms with van der Waals surface area (Å²) in [5.41, 5.74) is 1.72. The Balaban J connectivity index is 0.00000220. The van der Waals surface area contributed by atoms with Crippen LogP contribution < -0.4 is 28.7 Å². The van der Waals surface area contributed by atoms with Gasteiger partial charge in [0.15, 0.2) is 0 Å². The number of hydrogen-bond acceptors (Lipinski definition) is 3. The van der Waals surface area contributed by atoms with E-state index in [0.29, 0.717) is 12.1 Å². The van der Waals surface area contributed by atoms with Gasteiger partial charge in [-0.25, -0.2) is 0 Å². The van der Waals surface area contributed by atoms with Gasteiger partial charge in [-0.15, -0.1) is 0 Å². The Morgan fingerprint density at radius 3 is 2.38 bits per heavy atom. The van der Waals surface area contributed by atoms with Crippen LogP contribution in [0.15, 0.2) is 65.7 Å². The van der Waals surface area contributed by atoms with E-state index in [2.05, 4.69) is 4.99 Å². The standard InChI is InChI=1S/C17H17NO2.Li/c1-20-16-12-10-15(11-13-16)18-17(19)9-5-8-14-6-3-2-4-7-14;/h2-8,10-13H,9H2,1H3,(H,18,19);/q;+1/p-1/b8-5+;. The number of methoxy groups -OCH3 is 1. The molecule has 3 nitrogen and oxygen atoms in total. The maximum atomic E-state index is 11.7. The van der Waals surface area contributed by atoms with Gasteiger partial charge in [-0.1, -0.05) is 42.5 Å². The first-order valence-electron chi connectivity index (χ1n) is 6.38. The Labute approximate surface area is 137 Å². The third-order valence-electron chi connectivity index (χ3n) is 2.73. The SMILES string of the molecule is COc1ccc(N=C([O-])C/C=C/c2ccccc2)cc1.[Li+]. The van der Waals surface area contributed by atoms with Crippen LogP contribution in [0.25, 0.3) is 6.08 Å². The molecular weight excluding hydrogens is 257 g/mol. The van der Waals surface area contributed by atoms with E-state index in [4.69, 9.17) is 4.74 Å². The molecule has 0 N–H and O–H groups in total. The van der Waals surface area contributed by atoms with Crippen LogP contribution in [0, 0.1) is 0 Å². The van der Waals surface area contributed by atoms with Crippen LogP contribution in [0.2, 0.25) is 0 Å². The number of aliphatic imine (C=N–C) groups is 1. The van der Waals surface area contributed by atoms with Gasteiger partial charge in [0.05, 0.1) is 12.8 Å². The molecule has 2 aromatic rings. The topological polar surface area (TPSA) is 44.6 Å². The molecule has 0 aliphatic rings. The zero-order valence-electron chi connectivity index (χ0n) is 12.3. The molecule has 0 amide bonds. The van der Waals surface area contributed by atoms with Crippen molar-refractivity contribution >= 4 is 17.7 Å². The summed E-state index contributed by atoms with van der Waals surface area (Å²) in [7, 11) is 1.60. The molecule has 0 heterocycles. The predicted molar refractivity (Wildman–Crippen MR) is 80.2 cm³/mol. The molecule has 0 spiro atoms. The smallest absolute Gasteiger partial charge is 0.861 e. The summed E-state index contributed by atoms with van der Waals surface area (Å²) in [6, 6.07) is 16.9. The largest absolute Gasteiger partial charge is 1.00 e. The van der Waals surface area contributed by atoms with Crippen molar-refractivity contribution in [1.29, 1.82) is 0 Å². The van der Waals surface area contributed by atoms with Crippen molar-refractivity contribution in [2.75, 3.05) is 7.11 Å². The molecule has 2 aromatic carbocycles. The Morgan fingerprint density at radius 1 is 1.10 bits per heavy atom. The molecule has 2 rings (SSSR count). The Kier molecular flexibility index (Phi) is 7.39. The van der Waals surface area contributed by atoms with Gasteiger partial charge in [-0.05, 0) is 42.1 Å². The molecule has 0 saturated carbocycles. The molecule has 4 heteroatoms. The summed E-state index contributed by atoms with van der Waals surface area (Å²) in [4.78, 5) is 4.02. The first kappa shape index (κ1) is 17.1. The Morgan fingerprint density at radius 2 is 1.76 bits per heavy atom. The van der Waals surface area contributed by atoms with E-state index in [-0.39, 0.29) is 24.8 Å². The third kappa shape index (κ3) is 5.91. The molecule has 21 heavy (non-hydrogen) atoms. The summed E-state index contributed by atoms with van der Waals surface area (Å²) >= 11 is 0. The second-order valence-electron chi connectivity index (χ2n) is 4.22. The van der Waals surface area contributed by atoms with Gasteiger partial charge in [-0.2, -0.15) is 0 Å². The second kappa shape index (κ2) is 9.07. The number of ether oxygens (including phenoxy) is 1. The summed E-state index contributed by atoms with van der Waals surface area (Å²) in [5, 5.41) is 11.7. The molecule has 0 aliphatic carbocycles. The molecule has 102 valence electrons. The van der Waals surface area contributed by atoms with Crippen LogP contribution in [0.1, 0.15) is 12.0 Å². The van der Waals surface area contributed by atoms with Crippen molar-refractivity contribution in [3.05, 3.63) is 66.2 Å². The van der Waals surface area contributed by atoms with E-state index in [1.165, 1.54) is 0 Å². The van der Waals surface area contributed by atoms with Gasteiger partial charge in [-0.3, -0.25) is 4.99 Å². The van der Waals surface area contributed by atoms with Crippen molar-refractivity contribution in [3.8, 4) is 5.75 Å². The molecule has 0 atom stereocenters. The summed E-state index contributed by atoms with van der Waals surface area (Å²) in [6.07, 6.45) is 4.03. The summed E-state index contributed by atoms with van der Waals surface area (Å²) in [5.74, 6) is 0.586. The maximum Gasteiger partial charge on any atom is 1.00 e. The minimum absolute atomic E-state index is 0. The predicted octanol–water partition coefficient (Wildman–Crippen LogP) is 0.193. The van der Waals surface area contributed by atoms with Crippen LogP contribution in [0.4, 0.5) is 5.69 Å². The fourth-order valence-electron chi connectivity index (χ4n) is 1.71. The monoisotopic (exact) mass is 273 g/mol. The van der Waals surface area contributed by atoms with Gasteiger partial charge in [0.1, 0.15) is 5.75 Å². The molecule has 0 fully saturated rings. The van der Waals surface area contributed by atoms with Crippen LogP contribution in [-0.4, -0.2) is 13.0 Å². The van der Waals surface area contributed by atoms with Gasteiger partial charge in [0, 0.05) is 0 Å². The third-order valence-corrected chi connectivity index (χ3v) is 2.73. The van der Waals surface area contributed by atoms with Crippen LogP contribution in [0.3, 0.4) is 0 Å². The van der Waals surface area contributed by atoms with Crippen molar-refractivity contribution in [2.24, 2.45) is 4.99 Å². The molecular formula is C17H16LiNO2. The van der Waals surface area contributed by atoms with E-state index in [0.717, 1.165) is 11.3 Å². The molecule has 0 aliphatic heterocycles. The van der Waals surface area contributed by atoms with Gasteiger partial charge >= 0.3 is 18.9 Å². The van der Waals surface area contributed by atoms with Gasteiger partial charge in [0.2, 0.25) is 0 Å². The van der Waals surface area contributed by atoms with Crippen LogP contribution in [0.5, 0.6) is 5.75 Å². The average molecular weight is 273 g/mol. The van der Waals surface area contributed by atoms with Crippen LogP contribution in [-0.2, 0) is 0 Å². The van der Waals surface area contributed by atoms with Gasteiger partial charge < -0.3 is 9.84 Å². The van der Waals surface area contributed by atoms with E-state index >= 15 is 0 Å². The second-order valence-corrected chi connectivity index (χ2v) is 4.22. The fraction of sp³-hybridized carbons (Fsp3) is 0.118. The normalized spacial score (nSPS) is 11.2. The van der Waals surface area contributed by atoms with E-state index in [1.807, 2.05) is 42.5 Å². The van der Waals surface area contributed by atoms with Gasteiger partial charge in [0.25, 0.3) is 0 Å². The molecule has 0 aromatic heterocycles. The summed E-state index contributed by atoms with van der Waals surface area (Å²) in [6.45, 7) is 0. The first-order valence-corrected chi connectivity index (χ1v) is 6.38. The zero-order valence-corrected chi connectivity index (χ0v) is 12.3. The fourth-order valence-corrected chi connectivity index (χ4v) is 1.71. The molecule has 0 bridgehead atoms. The maximum absolute atomic E-state index is 11.7. The number of hydrogen-bond donors (Lipinski definition) is 0. The van der Waals surface area contributed by atoms with E-state index in [1.54, 1.807) is 31.4 Å². The van der Waals surface area contributed by atoms with Crippen LogP contribution >= 0.6 is 0 Å². The minimum atomic E-state index is -0.164. The quantitative estimate of drug-likeness (QED) is 0.443. The van der Waals surface area contributed by atoms with Crippen molar-refractivity contribution in [1.82, 2.24) is 0 Å². The van der Waals surface area contributed by atoms with E-state index < -0.39 is 0 Å². The molecule has 0 unspecified atom stereocenters. The number of benzene rings is 2. The number of rotatable bonds is 5. The van der Waals surface area contributed by atoms with Crippen molar-refractivity contribution in [2.45, 2.75) is 6.42 Å². The Bertz CT molecular complexity index is 592. The number of nitrogens with zero attached hydrogens (tertiary/aromatic N) is 1. The zero-order chi connectivity index (χ0) is 14.2. The van der Waals surface area contributed by atoms with E-state index in [9.17, 15) is 5.11 Å². The first-order chi connectivity index (χ1) is 9.78. The average Bonchev–Trinajstić information content (AvgIpc) is 2.49. The molecule has 0 radical (unpaired) electrons. The molecule has 0 saturated heterocycles. The van der Waals surface area contributed by atoms with Crippen molar-refractivity contribution < 1.29 is 28.7 Å². The Hall–Kier alpha value is -1.95. The minimum Gasteiger partial charge on any atom is -0.861 e. The van der Waals surface area contributed by atoms with Crippen molar-refractivity contribution in [3.63, 3.8) is 0 Å².